The average Bonchev–Trinajstić information content (AvgIpc) is 2.80. The fourth-order valence-electron chi connectivity index (χ4n) is 2.10. The quantitative estimate of drug-likeness (QED) is 0.590. The van der Waals surface area contributed by atoms with Gasteiger partial charge in [-0.25, -0.2) is 18.4 Å². The Labute approximate surface area is 121 Å². The number of nitrogens with one attached hydrogen (secondary N) is 2. The number of carbonyl (C=O) groups is 2. The van der Waals surface area contributed by atoms with Crippen molar-refractivity contribution in [3.8, 4) is 0 Å². The summed E-state index contributed by atoms with van der Waals surface area (Å²) in [5.41, 5.74) is 0.0851. The molecule has 8 nitrogen and oxygen atoms in total. The molecule has 0 saturated carbocycles. The van der Waals surface area contributed by atoms with Gasteiger partial charge < -0.3 is 15.7 Å². The summed E-state index contributed by atoms with van der Waals surface area (Å²) >= 11 is 0. The van der Waals surface area contributed by atoms with E-state index in [9.17, 15) is 18.0 Å². The molecule has 1 unspecified atom stereocenters. The summed E-state index contributed by atoms with van der Waals surface area (Å²) in [7, 11) is -3.96. The summed E-state index contributed by atoms with van der Waals surface area (Å²) < 4.78 is 22.5. The molecule has 1 heterocycles. The number of hydrogen-bond acceptors (Lipinski definition) is 5. The fraction of sp³-hybridized carbons (Fsp3) is 0.333. The van der Waals surface area contributed by atoms with Gasteiger partial charge in [0.25, 0.3) is 0 Å². The van der Waals surface area contributed by atoms with Gasteiger partial charge in [-0.1, -0.05) is 0 Å². The molecule has 1 aliphatic heterocycles. The largest absolute Gasteiger partial charge is 0.478 e. The van der Waals surface area contributed by atoms with Crippen LogP contribution in [0.1, 0.15) is 23.2 Å². The molecule has 1 saturated heterocycles. The van der Waals surface area contributed by atoms with Crippen molar-refractivity contribution in [1.82, 2.24) is 5.32 Å². The van der Waals surface area contributed by atoms with Crippen LogP contribution >= 0.6 is 0 Å². The van der Waals surface area contributed by atoms with E-state index in [4.69, 9.17) is 10.2 Å². The number of rotatable bonds is 5. The molecule has 114 valence electrons. The van der Waals surface area contributed by atoms with Crippen molar-refractivity contribution < 1.29 is 23.1 Å². The summed E-state index contributed by atoms with van der Waals surface area (Å²) in [6.45, 7) is 0.362. The molecule has 2 rings (SSSR count). The van der Waals surface area contributed by atoms with Crippen molar-refractivity contribution in [1.29, 1.82) is 0 Å². The van der Waals surface area contributed by atoms with E-state index in [-0.39, 0.29) is 28.1 Å². The summed E-state index contributed by atoms with van der Waals surface area (Å²) in [6, 6.07) is 3.52. The number of aromatic carboxylic acids is 1. The van der Waals surface area contributed by atoms with Crippen LogP contribution in [-0.4, -0.2) is 38.0 Å². The Bertz CT molecular complexity index is 686. The van der Waals surface area contributed by atoms with Crippen molar-refractivity contribution in [2.24, 2.45) is 5.14 Å². The number of hydrogen-bond donors (Lipinski definition) is 4. The van der Waals surface area contributed by atoms with Crippen LogP contribution in [0.2, 0.25) is 0 Å². The first-order valence-electron chi connectivity index (χ1n) is 6.21. The molecule has 0 spiro atoms. The lowest BCUT2D eigenvalue weighted by molar-refractivity contribution is -0.119. The molecule has 0 bridgehead atoms. The average molecular weight is 313 g/mol. The maximum Gasteiger partial charge on any atom is 0.337 e. The van der Waals surface area contributed by atoms with Crippen LogP contribution in [-0.2, 0) is 14.8 Å². The molecule has 0 radical (unpaired) electrons. The number of benzene rings is 1. The second-order valence-electron chi connectivity index (χ2n) is 4.74. The zero-order chi connectivity index (χ0) is 15.6. The highest BCUT2D eigenvalue weighted by Crippen LogP contribution is 2.20. The number of carbonyl (C=O) groups excluding carboxylic acids is 1. The second-order valence-corrected chi connectivity index (χ2v) is 6.30. The molecule has 0 aliphatic carbocycles. The van der Waals surface area contributed by atoms with Gasteiger partial charge in [-0.15, -0.1) is 0 Å². The van der Waals surface area contributed by atoms with Crippen LogP contribution in [0.15, 0.2) is 23.1 Å². The second kappa shape index (κ2) is 5.70. The minimum atomic E-state index is -3.96. The van der Waals surface area contributed by atoms with Crippen LogP contribution in [0.5, 0.6) is 0 Å². The molecule has 1 amide bonds. The van der Waals surface area contributed by atoms with E-state index in [2.05, 4.69) is 10.6 Å². The minimum absolute atomic E-state index is 0.0372. The number of primary sulfonamides is 1. The van der Waals surface area contributed by atoms with Gasteiger partial charge in [-0.05, 0) is 24.6 Å². The molecular formula is C12H15N3O5S. The SMILES string of the molecule is NS(=O)(=O)c1ccc(NCC2CCC(=O)N2)c(C(=O)O)c1. The zero-order valence-electron chi connectivity index (χ0n) is 11.0. The number of amides is 1. The molecule has 1 aliphatic rings. The lowest BCUT2D eigenvalue weighted by Crippen LogP contribution is -2.32. The monoisotopic (exact) mass is 313 g/mol. The first kappa shape index (κ1) is 15.3. The van der Waals surface area contributed by atoms with Gasteiger partial charge in [0, 0.05) is 24.7 Å². The van der Waals surface area contributed by atoms with Crippen molar-refractivity contribution in [2.45, 2.75) is 23.8 Å². The molecule has 1 aromatic rings. The molecule has 1 fully saturated rings. The van der Waals surface area contributed by atoms with Crippen LogP contribution in [0.25, 0.3) is 0 Å². The molecule has 9 heteroatoms. The third kappa shape index (κ3) is 3.70. The summed E-state index contributed by atoms with van der Waals surface area (Å²) in [4.78, 5) is 22.0. The van der Waals surface area contributed by atoms with Crippen molar-refractivity contribution in [3.05, 3.63) is 23.8 Å². The van der Waals surface area contributed by atoms with Crippen LogP contribution < -0.4 is 15.8 Å². The predicted molar refractivity (Wildman–Crippen MR) is 74.4 cm³/mol. The molecule has 1 aromatic carbocycles. The van der Waals surface area contributed by atoms with Gasteiger partial charge in [0.1, 0.15) is 0 Å². The Morgan fingerprint density at radius 2 is 2.19 bits per heavy atom. The number of carboxylic acids is 1. The maximum atomic E-state index is 11.2. The first-order valence-corrected chi connectivity index (χ1v) is 7.75. The molecule has 1 atom stereocenters. The van der Waals surface area contributed by atoms with E-state index >= 15 is 0 Å². The topological polar surface area (TPSA) is 139 Å². The van der Waals surface area contributed by atoms with E-state index in [1.54, 1.807) is 0 Å². The standard InChI is InChI=1S/C12H15N3O5S/c13-21(19,20)8-2-3-10(9(5-8)12(17)18)14-6-7-1-4-11(16)15-7/h2-3,5,7,14H,1,4,6H2,(H,15,16)(H,17,18)(H2,13,19,20). The minimum Gasteiger partial charge on any atom is -0.478 e. The summed E-state index contributed by atoms with van der Waals surface area (Å²) in [5.74, 6) is -1.30. The highest BCUT2D eigenvalue weighted by Gasteiger charge is 2.21. The fourth-order valence-corrected chi connectivity index (χ4v) is 2.63. The Morgan fingerprint density at radius 1 is 1.48 bits per heavy atom. The predicted octanol–water partition coefficient (Wildman–Crippen LogP) is -0.277. The zero-order valence-corrected chi connectivity index (χ0v) is 11.8. The molecule has 21 heavy (non-hydrogen) atoms. The van der Waals surface area contributed by atoms with Gasteiger partial charge in [0.05, 0.1) is 10.5 Å². The van der Waals surface area contributed by atoms with E-state index in [0.717, 1.165) is 6.07 Å². The Balaban J connectivity index is 2.19. The third-order valence-electron chi connectivity index (χ3n) is 3.17. The lowest BCUT2D eigenvalue weighted by atomic mass is 10.1. The number of carboxylic acid groups (broad SMARTS) is 1. The smallest absolute Gasteiger partial charge is 0.337 e. The van der Waals surface area contributed by atoms with Gasteiger partial charge in [0.2, 0.25) is 15.9 Å². The molecular weight excluding hydrogens is 298 g/mol. The van der Waals surface area contributed by atoms with E-state index < -0.39 is 16.0 Å². The first-order chi connectivity index (χ1) is 9.77. The van der Waals surface area contributed by atoms with E-state index in [1.807, 2.05) is 0 Å². The number of anilines is 1. The highest BCUT2D eigenvalue weighted by molar-refractivity contribution is 7.89. The van der Waals surface area contributed by atoms with E-state index in [1.165, 1.54) is 12.1 Å². The highest BCUT2D eigenvalue weighted by atomic mass is 32.2. The van der Waals surface area contributed by atoms with Gasteiger partial charge in [0.15, 0.2) is 0 Å². The Kier molecular flexibility index (Phi) is 4.14. The van der Waals surface area contributed by atoms with Crippen LogP contribution in [0.3, 0.4) is 0 Å². The van der Waals surface area contributed by atoms with Gasteiger partial charge >= 0.3 is 5.97 Å². The van der Waals surface area contributed by atoms with Crippen molar-refractivity contribution in [2.75, 3.05) is 11.9 Å². The third-order valence-corrected chi connectivity index (χ3v) is 4.08. The Morgan fingerprint density at radius 3 is 2.71 bits per heavy atom. The summed E-state index contributed by atoms with van der Waals surface area (Å²) in [6.07, 6.45) is 1.12. The maximum absolute atomic E-state index is 11.2. The van der Waals surface area contributed by atoms with Crippen LogP contribution in [0, 0.1) is 0 Å². The van der Waals surface area contributed by atoms with Crippen molar-refractivity contribution >= 4 is 27.6 Å². The number of sulfonamides is 1. The molecule has 0 aromatic heterocycles. The Hall–Kier alpha value is -2.13. The van der Waals surface area contributed by atoms with Crippen molar-refractivity contribution in [3.63, 3.8) is 0 Å². The molecule has 5 N–H and O–H groups in total. The van der Waals surface area contributed by atoms with Gasteiger partial charge in [-0.3, -0.25) is 4.79 Å². The van der Waals surface area contributed by atoms with Crippen LogP contribution in [0.4, 0.5) is 5.69 Å². The lowest BCUT2D eigenvalue weighted by Gasteiger charge is -2.14. The normalized spacial score (nSPS) is 18.3. The van der Waals surface area contributed by atoms with E-state index in [0.29, 0.717) is 19.4 Å². The van der Waals surface area contributed by atoms with Gasteiger partial charge in [-0.2, -0.15) is 0 Å². The summed E-state index contributed by atoms with van der Waals surface area (Å²) in [5, 5.41) is 19.8. The number of nitrogens with two attached hydrogens (primary N) is 1.